The van der Waals surface area contributed by atoms with Crippen LogP contribution < -0.4 is 0 Å². The van der Waals surface area contributed by atoms with Gasteiger partial charge in [0.15, 0.2) is 5.82 Å². The molecule has 0 fully saturated rings. The average molecular weight is 652 g/mol. The van der Waals surface area contributed by atoms with Gasteiger partial charge in [0.2, 0.25) is 0 Å². The summed E-state index contributed by atoms with van der Waals surface area (Å²) in [5.74, 6) is 3.42. The Morgan fingerprint density at radius 2 is 1.24 bits per heavy atom. The minimum Gasteiger partial charge on any atom is -0.264 e. The predicted molar refractivity (Wildman–Crippen MR) is 212 cm³/mol. The molecule has 0 amide bonds. The minimum absolute atomic E-state index is 0.659. The Morgan fingerprint density at radius 3 is 2.02 bits per heavy atom. The third kappa shape index (κ3) is 6.47. The van der Waals surface area contributed by atoms with Crippen LogP contribution in [-0.2, 0) is 0 Å². The zero-order valence-electron chi connectivity index (χ0n) is 28.2. The van der Waals surface area contributed by atoms with E-state index in [2.05, 4.69) is 157 Å². The van der Waals surface area contributed by atoms with Crippen LogP contribution in [-0.4, -0.2) is 15.0 Å². The standard InChI is InChI=1S/C48H33N3/c1-3-11-43(42-18-6-4-12-33(42)2)39-15-8-16-40(30-39)47-31-46(37-25-21-34(22-26-37)41-17-10-29-49-32-41)50-48(51-47)38-27-23-36(24-28-38)45-20-9-14-35-13-5-7-19-44(35)45/h1,4-32H,2H3/b43-11-. The normalized spacial score (nSPS) is 11.3. The van der Waals surface area contributed by atoms with Crippen molar-refractivity contribution in [2.45, 2.75) is 6.92 Å². The molecule has 6 aromatic carbocycles. The van der Waals surface area contributed by atoms with Gasteiger partial charge in [-0.25, -0.2) is 9.97 Å². The van der Waals surface area contributed by atoms with Crippen LogP contribution in [0.25, 0.3) is 72.5 Å². The van der Waals surface area contributed by atoms with Crippen molar-refractivity contribution in [3.05, 3.63) is 193 Å². The monoisotopic (exact) mass is 651 g/mol. The lowest BCUT2D eigenvalue weighted by Crippen LogP contribution is -1.97. The Kier molecular flexibility index (Phi) is 8.56. The third-order valence-corrected chi connectivity index (χ3v) is 9.28. The molecular weight excluding hydrogens is 619 g/mol. The van der Waals surface area contributed by atoms with Crippen molar-refractivity contribution in [1.29, 1.82) is 0 Å². The van der Waals surface area contributed by atoms with Gasteiger partial charge in [-0.05, 0) is 86.5 Å². The fourth-order valence-electron chi connectivity index (χ4n) is 6.64. The van der Waals surface area contributed by atoms with Crippen LogP contribution in [0.15, 0.2) is 176 Å². The van der Waals surface area contributed by atoms with Gasteiger partial charge >= 0.3 is 0 Å². The second kappa shape index (κ2) is 13.9. The summed E-state index contributed by atoms with van der Waals surface area (Å²) in [5.41, 5.74) is 13.4. The summed E-state index contributed by atoms with van der Waals surface area (Å²) in [6, 6.07) is 54.8. The van der Waals surface area contributed by atoms with E-state index in [4.69, 9.17) is 16.4 Å². The lowest BCUT2D eigenvalue weighted by molar-refractivity contribution is 1.18. The summed E-state index contributed by atoms with van der Waals surface area (Å²) >= 11 is 0. The van der Waals surface area contributed by atoms with Crippen molar-refractivity contribution in [2.75, 3.05) is 0 Å². The van der Waals surface area contributed by atoms with Gasteiger partial charge in [0, 0.05) is 29.1 Å². The largest absolute Gasteiger partial charge is 0.264 e. The van der Waals surface area contributed by atoms with Crippen molar-refractivity contribution in [3.8, 4) is 68.5 Å². The number of fused-ring (bicyclic) bond motifs is 1. The molecule has 0 spiro atoms. The lowest BCUT2D eigenvalue weighted by atomic mass is 9.92. The topological polar surface area (TPSA) is 38.7 Å². The molecule has 0 unspecified atom stereocenters. The molecule has 3 nitrogen and oxygen atoms in total. The van der Waals surface area contributed by atoms with Gasteiger partial charge in [0.1, 0.15) is 0 Å². The van der Waals surface area contributed by atoms with E-state index in [1.54, 1.807) is 6.20 Å². The number of terminal acetylenes is 1. The molecular formula is C48H33N3. The van der Waals surface area contributed by atoms with Crippen molar-refractivity contribution in [2.24, 2.45) is 0 Å². The number of hydrogen-bond donors (Lipinski definition) is 0. The maximum atomic E-state index is 5.84. The Hall–Kier alpha value is -6.89. The van der Waals surface area contributed by atoms with E-state index >= 15 is 0 Å². The second-order valence-corrected chi connectivity index (χ2v) is 12.5. The van der Waals surface area contributed by atoms with Crippen molar-refractivity contribution in [3.63, 3.8) is 0 Å². The molecule has 3 heteroatoms. The van der Waals surface area contributed by atoms with E-state index in [0.29, 0.717) is 5.82 Å². The summed E-state index contributed by atoms with van der Waals surface area (Å²) in [6.45, 7) is 2.11. The van der Waals surface area contributed by atoms with E-state index in [-0.39, 0.29) is 0 Å². The van der Waals surface area contributed by atoms with Gasteiger partial charge in [-0.1, -0.05) is 145 Å². The molecule has 0 aliphatic heterocycles. The van der Waals surface area contributed by atoms with E-state index in [9.17, 15) is 0 Å². The maximum absolute atomic E-state index is 5.84. The van der Waals surface area contributed by atoms with Gasteiger partial charge in [-0.15, -0.1) is 6.42 Å². The molecule has 51 heavy (non-hydrogen) atoms. The molecule has 0 saturated heterocycles. The first-order valence-corrected chi connectivity index (χ1v) is 17.0. The van der Waals surface area contributed by atoms with E-state index in [1.165, 1.54) is 16.3 Å². The van der Waals surface area contributed by atoms with E-state index in [0.717, 1.165) is 67.0 Å². The van der Waals surface area contributed by atoms with Crippen LogP contribution >= 0.6 is 0 Å². The van der Waals surface area contributed by atoms with Crippen LogP contribution in [0.3, 0.4) is 0 Å². The maximum Gasteiger partial charge on any atom is 0.160 e. The first-order valence-electron chi connectivity index (χ1n) is 17.0. The smallest absolute Gasteiger partial charge is 0.160 e. The van der Waals surface area contributed by atoms with Gasteiger partial charge in [0.25, 0.3) is 0 Å². The molecule has 0 N–H and O–H groups in total. The Bertz CT molecular complexity index is 2570. The van der Waals surface area contributed by atoms with Crippen molar-refractivity contribution >= 4 is 16.3 Å². The predicted octanol–water partition coefficient (Wildman–Crippen LogP) is 11.7. The zero-order chi connectivity index (χ0) is 34.6. The van der Waals surface area contributed by atoms with E-state index < -0.39 is 0 Å². The number of hydrogen-bond acceptors (Lipinski definition) is 3. The SMILES string of the molecule is C#C/C=C(/c1cccc(-c2cc(-c3ccc(-c4cccnc4)cc3)nc(-c3ccc(-c4cccc5ccccc45)cc3)n2)c1)c1ccccc1C. The summed E-state index contributed by atoms with van der Waals surface area (Å²) in [6.07, 6.45) is 11.4. The molecule has 0 atom stereocenters. The number of allylic oxidation sites excluding steroid dienone is 1. The van der Waals surface area contributed by atoms with Crippen molar-refractivity contribution < 1.29 is 0 Å². The zero-order valence-corrected chi connectivity index (χ0v) is 28.2. The Morgan fingerprint density at radius 1 is 0.569 bits per heavy atom. The highest BCUT2D eigenvalue weighted by atomic mass is 14.9. The number of nitrogens with zero attached hydrogens (tertiary/aromatic N) is 3. The minimum atomic E-state index is 0.659. The molecule has 8 rings (SSSR count). The first kappa shape index (κ1) is 31.4. The first-order chi connectivity index (χ1) is 25.1. The number of rotatable bonds is 7. The summed E-state index contributed by atoms with van der Waals surface area (Å²) in [7, 11) is 0. The number of aryl methyl sites for hydroxylation is 1. The van der Waals surface area contributed by atoms with Gasteiger partial charge in [0.05, 0.1) is 11.4 Å². The fraction of sp³-hybridized carbons (Fsp3) is 0.0208. The summed E-state index contributed by atoms with van der Waals surface area (Å²) in [4.78, 5) is 14.6. The van der Waals surface area contributed by atoms with Gasteiger partial charge in [-0.2, -0.15) is 0 Å². The highest BCUT2D eigenvalue weighted by molar-refractivity contribution is 5.97. The Labute approximate surface area is 298 Å². The van der Waals surface area contributed by atoms with Crippen LogP contribution in [0.4, 0.5) is 0 Å². The van der Waals surface area contributed by atoms with Crippen molar-refractivity contribution in [1.82, 2.24) is 15.0 Å². The molecule has 0 aliphatic carbocycles. The van der Waals surface area contributed by atoms with Gasteiger partial charge in [-0.3, -0.25) is 4.98 Å². The van der Waals surface area contributed by atoms with E-state index in [1.807, 2.05) is 30.5 Å². The third-order valence-electron chi connectivity index (χ3n) is 9.28. The molecule has 0 bridgehead atoms. The molecule has 0 saturated carbocycles. The molecule has 2 heterocycles. The molecule has 0 aliphatic rings. The summed E-state index contributed by atoms with van der Waals surface area (Å²) in [5, 5.41) is 2.45. The lowest BCUT2D eigenvalue weighted by Gasteiger charge is -2.14. The van der Waals surface area contributed by atoms with Crippen LogP contribution in [0.1, 0.15) is 16.7 Å². The van der Waals surface area contributed by atoms with Gasteiger partial charge < -0.3 is 0 Å². The number of benzene rings is 6. The highest BCUT2D eigenvalue weighted by Gasteiger charge is 2.14. The average Bonchev–Trinajstić information content (AvgIpc) is 3.20. The Balaban J connectivity index is 1.23. The summed E-state index contributed by atoms with van der Waals surface area (Å²) < 4.78 is 0. The fourth-order valence-corrected chi connectivity index (χ4v) is 6.64. The number of aromatic nitrogens is 3. The molecule has 8 aromatic rings. The van der Waals surface area contributed by atoms with Crippen LogP contribution in [0.2, 0.25) is 0 Å². The molecule has 0 radical (unpaired) electrons. The van der Waals surface area contributed by atoms with Crippen LogP contribution in [0.5, 0.6) is 0 Å². The molecule has 2 aromatic heterocycles. The highest BCUT2D eigenvalue weighted by Crippen LogP contribution is 2.34. The van der Waals surface area contributed by atoms with Crippen LogP contribution in [0, 0.1) is 19.3 Å². The number of pyridine rings is 1. The molecule has 240 valence electrons. The quantitative estimate of drug-likeness (QED) is 0.161. The second-order valence-electron chi connectivity index (χ2n) is 12.5.